The molecule has 0 spiro atoms. The van der Waals surface area contributed by atoms with Gasteiger partial charge in [-0.05, 0) is 35.4 Å². The highest BCUT2D eigenvalue weighted by Crippen LogP contribution is 2.46. The van der Waals surface area contributed by atoms with Gasteiger partial charge in [-0.1, -0.05) is 0 Å². The monoisotopic (exact) mass is 460 g/mol. The molecule has 0 N–H and O–H groups in total. The van der Waals surface area contributed by atoms with Crippen LogP contribution in [0.2, 0.25) is 0 Å². The van der Waals surface area contributed by atoms with Gasteiger partial charge < -0.3 is 0 Å². The van der Waals surface area contributed by atoms with Crippen molar-refractivity contribution in [3.05, 3.63) is 24.3 Å². The second kappa shape index (κ2) is 7.38. The minimum Gasteiger partial charge on any atom is -0.143 e. The number of rotatable bonds is 1. The molecule has 0 bridgehead atoms. The molecule has 0 aliphatic carbocycles. The van der Waals surface area contributed by atoms with E-state index in [2.05, 4.69) is 88.4 Å². The zero-order valence-electron chi connectivity index (χ0n) is 11.9. The summed E-state index contributed by atoms with van der Waals surface area (Å²) in [5.41, 5.74) is 1.75. The van der Waals surface area contributed by atoms with Crippen molar-refractivity contribution in [1.29, 1.82) is 0 Å². The SMILES string of the molecule is Sc1cc(-c2cc(S)c3c(S)ccc(S)c3c2S)c(S)c(S)c1S. The Balaban J connectivity index is 2.46. The van der Waals surface area contributed by atoms with Gasteiger partial charge in [-0.25, -0.2) is 0 Å². The highest BCUT2D eigenvalue weighted by Gasteiger charge is 2.18. The maximum atomic E-state index is 4.76. The standard InChI is InChI=1S/C16H12S8/c17-7-1-2-8(18)12-11(7)9(19)3-5(13(12)21)6-4-10(20)15(23)16(24)14(6)22/h1-4,17-24H. The minimum absolute atomic E-state index is 0.673. The van der Waals surface area contributed by atoms with Gasteiger partial charge in [-0.2, -0.15) is 0 Å². The van der Waals surface area contributed by atoms with Crippen molar-refractivity contribution in [3.63, 3.8) is 0 Å². The molecule has 0 radical (unpaired) electrons. The third-order valence-corrected chi connectivity index (χ3v) is 7.53. The van der Waals surface area contributed by atoms with Gasteiger partial charge in [0.1, 0.15) is 0 Å². The lowest BCUT2D eigenvalue weighted by atomic mass is 10.0. The van der Waals surface area contributed by atoms with Crippen LogP contribution in [0.15, 0.2) is 63.4 Å². The quantitative estimate of drug-likeness (QED) is 0.180. The molecular weight excluding hydrogens is 449 g/mol. The average molecular weight is 461 g/mol. The summed E-state index contributed by atoms with van der Waals surface area (Å²) in [4.78, 5) is 6.02. The van der Waals surface area contributed by atoms with E-state index in [1.165, 1.54) is 0 Å². The van der Waals surface area contributed by atoms with Crippen LogP contribution in [0, 0.1) is 0 Å². The third-order valence-electron chi connectivity index (χ3n) is 3.71. The van der Waals surface area contributed by atoms with Gasteiger partial charge in [0.25, 0.3) is 0 Å². The lowest BCUT2D eigenvalue weighted by molar-refractivity contribution is 1.05. The minimum atomic E-state index is 0.673. The topological polar surface area (TPSA) is 0 Å². The Kier molecular flexibility index (Phi) is 5.99. The Labute approximate surface area is 184 Å². The van der Waals surface area contributed by atoms with E-state index in [-0.39, 0.29) is 0 Å². The van der Waals surface area contributed by atoms with Crippen molar-refractivity contribution in [2.24, 2.45) is 0 Å². The molecule has 0 aliphatic heterocycles. The predicted molar refractivity (Wildman–Crippen MR) is 127 cm³/mol. The molecule has 0 aliphatic rings. The second-order valence-electron chi connectivity index (χ2n) is 5.13. The highest BCUT2D eigenvalue weighted by molar-refractivity contribution is 7.86. The van der Waals surface area contributed by atoms with Crippen molar-refractivity contribution in [2.45, 2.75) is 39.2 Å². The van der Waals surface area contributed by atoms with Gasteiger partial charge in [-0.3, -0.25) is 0 Å². The molecule has 3 rings (SSSR count). The molecular formula is C16H12S8. The zero-order chi connectivity index (χ0) is 17.8. The fourth-order valence-electron chi connectivity index (χ4n) is 2.54. The Morgan fingerprint density at radius 1 is 0.417 bits per heavy atom. The van der Waals surface area contributed by atoms with Crippen molar-refractivity contribution < 1.29 is 0 Å². The van der Waals surface area contributed by atoms with Crippen LogP contribution >= 0.6 is 101 Å². The molecule has 0 heterocycles. The summed E-state index contributed by atoms with van der Waals surface area (Å²) in [6.07, 6.45) is 0. The van der Waals surface area contributed by atoms with Crippen LogP contribution in [0.3, 0.4) is 0 Å². The zero-order valence-corrected chi connectivity index (χ0v) is 19.0. The fraction of sp³-hybridized carbons (Fsp3) is 0. The summed E-state index contributed by atoms with van der Waals surface area (Å²) >= 11 is 36.5. The molecule has 0 saturated heterocycles. The number of thiol groups is 8. The number of benzene rings is 3. The van der Waals surface area contributed by atoms with Crippen molar-refractivity contribution in [1.82, 2.24) is 0 Å². The highest BCUT2D eigenvalue weighted by atomic mass is 32.1. The van der Waals surface area contributed by atoms with Crippen molar-refractivity contribution >= 4 is 112 Å². The molecule has 0 aromatic heterocycles. The van der Waals surface area contributed by atoms with Gasteiger partial charge >= 0.3 is 0 Å². The molecule has 24 heavy (non-hydrogen) atoms. The van der Waals surface area contributed by atoms with Crippen LogP contribution < -0.4 is 0 Å². The average Bonchev–Trinajstić information content (AvgIpc) is 2.54. The van der Waals surface area contributed by atoms with Gasteiger partial charge in [0.05, 0.1) is 0 Å². The van der Waals surface area contributed by atoms with Gasteiger partial charge in [0, 0.05) is 49.9 Å². The van der Waals surface area contributed by atoms with Gasteiger partial charge in [-0.15, -0.1) is 101 Å². The molecule has 0 unspecified atom stereocenters. The van der Waals surface area contributed by atoms with E-state index in [1.807, 2.05) is 24.3 Å². The first-order valence-corrected chi connectivity index (χ1v) is 10.2. The first-order chi connectivity index (χ1) is 11.2. The molecule has 0 fully saturated rings. The fourth-order valence-corrected chi connectivity index (χ4v) is 5.23. The molecule has 0 saturated carbocycles. The molecule has 8 heteroatoms. The van der Waals surface area contributed by atoms with Gasteiger partial charge in [0.2, 0.25) is 0 Å². The van der Waals surface area contributed by atoms with Crippen LogP contribution in [-0.2, 0) is 0 Å². The Morgan fingerprint density at radius 3 is 1.54 bits per heavy atom. The summed E-state index contributed by atoms with van der Waals surface area (Å²) in [6, 6.07) is 7.66. The van der Waals surface area contributed by atoms with E-state index in [0.29, 0.717) is 14.7 Å². The van der Waals surface area contributed by atoms with Crippen LogP contribution in [0.25, 0.3) is 21.9 Å². The van der Waals surface area contributed by atoms with E-state index >= 15 is 0 Å². The summed E-state index contributed by atoms with van der Waals surface area (Å²) < 4.78 is 0. The summed E-state index contributed by atoms with van der Waals surface area (Å²) in [7, 11) is 0. The maximum Gasteiger partial charge on any atom is 0.0325 e. The molecule has 0 amide bonds. The van der Waals surface area contributed by atoms with Gasteiger partial charge in [0.15, 0.2) is 0 Å². The first-order valence-electron chi connectivity index (χ1n) is 6.60. The number of hydrogen-bond donors (Lipinski definition) is 8. The van der Waals surface area contributed by atoms with E-state index in [4.69, 9.17) is 12.6 Å². The van der Waals surface area contributed by atoms with E-state index in [9.17, 15) is 0 Å². The lowest BCUT2D eigenvalue weighted by Crippen LogP contribution is -1.91. The Morgan fingerprint density at radius 2 is 0.917 bits per heavy atom. The third kappa shape index (κ3) is 3.22. The van der Waals surface area contributed by atoms with E-state index in [1.54, 1.807) is 0 Å². The van der Waals surface area contributed by atoms with Crippen molar-refractivity contribution in [3.8, 4) is 11.1 Å². The van der Waals surface area contributed by atoms with Crippen molar-refractivity contribution in [2.75, 3.05) is 0 Å². The van der Waals surface area contributed by atoms with Crippen LogP contribution in [-0.4, -0.2) is 0 Å². The molecule has 3 aromatic rings. The predicted octanol–water partition coefficient (Wildman–Crippen LogP) is 6.82. The molecule has 0 nitrogen and oxygen atoms in total. The van der Waals surface area contributed by atoms with Crippen LogP contribution in [0.4, 0.5) is 0 Å². The summed E-state index contributed by atoms with van der Waals surface area (Å²) in [5, 5.41) is 1.83. The first kappa shape index (κ1) is 19.5. The second-order valence-corrected chi connectivity index (χ2v) is 8.85. The largest absolute Gasteiger partial charge is 0.143 e. The summed E-state index contributed by atoms with van der Waals surface area (Å²) in [6.45, 7) is 0. The Bertz CT molecular complexity index is 994. The Hall–Kier alpha value is 0.720. The maximum absolute atomic E-state index is 4.76. The molecule has 3 aromatic carbocycles. The molecule has 0 atom stereocenters. The number of hydrogen-bond acceptors (Lipinski definition) is 8. The summed E-state index contributed by atoms with van der Waals surface area (Å²) in [5.74, 6) is 0. The van der Waals surface area contributed by atoms with Crippen LogP contribution in [0.5, 0.6) is 0 Å². The smallest absolute Gasteiger partial charge is 0.0325 e. The molecule has 124 valence electrons. The normalized spacial score (nSPS) is 11.3. The number of fused-ring (bicyclic) bond motifs is 1. The van der Waals surface area contributed by atoms with E-state index in [0.717, 1.165) is 46.4 Å². The lowest BCUT2D eigenvalue weighted by Gasteiger charge is -2.17. The van der Waals surface area contributed by atoms with E-state index < -0.39 is 0 Å². The van der Waals surface area contributed by atoms with Crippen LogP contribution in [0.1, 0.15) is 0 Å².